The molecule has 0 spiro atoms. The van der Waals surface area contributed by atoms with Crippen LogP contribution < -0.4 is 15.4 Å². The van der Waals surface area contributed by atoms with Crippen LogP contribution >= 0.6 is 0 Å². The smallest absolute Gasteiger partial charge is 0.293 e. The molecule has 7 nitrogen and oxygen atoms in total. The van der Waals surface area contributed by atoms with E-state index < -0.39 is 0 Å². The third-order valence-corrected chi connectivity index (χ3v) is 5.39. The molecule has 2 aromatic rings. The van der Waals surface area contributed by atoms with E-state index >= 15 is 0 Å². The Hall–Kier alpha value is -2.44. The first-order valence-corrected chi connectivity index (χ1v) is 8.34. The van der Waals surface area contributed by atoms with E-state index in [9.17, 15) is 4.79 Å². The molecule has 2 aliphatic heterocycles. The Morgan fingerprint density at radius 2 is 1.58 bits per heavy atom. The average Bonchev–Trinajstić information content (AvgIpc) is 3.11. The molecule has 0 bridgehead atoms. The van der Waals surface area contributed by atoms with Gasteiger partial charge in [0.05, 0.1) is 0 Å². The highest BCUT2D eigenvalue weighted by Crippen LogP contribution is 2.35. The summed E-state index contributed by atoms with van der Waals surface area (Å²) in [6, 6.07) is 0. The quantitative estimate of drug-likeness (QED) is 0.812. The zero-order valence-corrected chi connectivity index (χ0v) is 14.3. The summed E-state index contributed by atoms with van der Waals surface area (Å²) in [6.07, 6.45) is 5.05. The van der Waals surface area contributed by atoms with Gasteiger partial charge in [0.25, 0.3) is 5.56 Å². The minimum absolute atomic E-state index is 0.0170. The zero-order chi connectivity index (χ0) is 16.8. The Morgan fingerprint density at radius 1 is 0.958 bits per heavy atom. The molecule has 7 heteroatoms. The summed E-state index contributed by atoms with van der Waals surface area (Å²) < 4.78 is 1.59. The highest BCUT2D eigenvalue weighted by Gasteiger charge is 2.41. The van der Waals surface area contributed by atoms with Crippen LogP contribution in [0.1, 0.15) is 11.3 Å². The maximum absolute atomic E-state index is 12.3. The zero-order valence-electron chi connectivity index (χ0n) is 14.3. The normalized spacial score (nSPS) is 23.0. The highest BCUT2D eigenvalue weighted by atomic mass is 16.1. The molecule has 0 radical (unpaired) electrons. The first kappa shape index (κ1) is 15.1. The number of nitrogens with zero attached hydrogens (tertiary/aromatic N) is 6. The molecule has 4 heterocycles. The molecule has 2 fully saturated rings. The van der Waals surface area contributed by atoms with Gasteiger partial charge in [0.15, 0.2) is 5.82 Å². The van der Waals surface area contributed by atoms with Crippen molar-refractivity contribution in [3.63, 3.8) is 0 Å². The number of hydrogen-bond donors (Lipinski definition) is 0. The molecule has 2 saturated heterocycles. The summed E-state index contributed by atoms with van der Waals surface area (Å²) >= 11 is 0. The minimum atomic E-state index is -0.0170. The summed E-state index contributed by atoms with van der Waals surface area (Å²) in [5, 5.41) is 0. The molecule has 0 aliphatic carbocycles. The van der Waals surface area contributed by atoms with Gasteiger partial charge in [-0.05, 0) is 13.8 Å². The predicted molar refractivity (Wildman–Crippen MR) is 92.4 cm³/mol. The van der Waals surface area contributed by atoms with E-state index in [2.05, 4.69) is 31.7 Å². The van der Waals surface area contributed by atoms with Crippen LogP contribution in [0.15, 0.2) is 23.5 Å². The van der Waals surface area contributed by atoms with Gasteiger partial charge in [0.1, 0.15) is 12.1 Å². The van der Waals surface area contributed by atoms with Crippen molar-refractivity contribution >= 4 is 11.6 Å². The second-order valence-corrected chi connectivity index (χ2v) is 6.90. The van der Waals surface area contributed by atoms with Gasteiger partial charge < -0.3 is 14.4 Å². The van der Waals surface area contributed by atoms with Crippen molar-refractivity contribution in [3.05, 3.63) is 40.3 Å². The van der Waals surface area contributed by atoms with E-state index in [1.54, 1.807) is 30.3 Å². The Labute approximate surface area is 141 Å². The van der Waals surface area contributed by atoms with Gasteiger partial charge in [-0.2, -0.15) is 0 Å². The first-order chi connectivity index (χ1) is 11.5. The maximum Gasteiger partial charge on any atom is 0.293 e. The van der Waals surface area contributed by atoms with Crippen molar-refractivity contribution in [1.29, 1.82) is 0 Å². The van der Waals surface area contributed by atoms with Gasteiger partial charge >= 0.3 is 0 Å². The fourth-order valence-electron chi connectivity index (χ4n) is 3.88. The third-order valence-electron chi connectivity index (χ3n) is 5.39. The Kier molecular flexibility index (Phi) is 3.51. The number of hydrogen-bond acceptors (Lipinski definition) is 6. The van der Waals surface area contributed by atoms with Crippen LogP contribution in [0.2, 0.25) is 0 Å². The monoisotopic (exact) mass is 326 g/mol. The van der Waals surface area contributed by atoms with Gasteiger partial charge in [-0.1, -0.05) is 0 Å². The Bertz CT molecular complexity index is 818. The summed E-state index contributed by atoms with van der Waals surface area (Å²) in [6.45, 7) is 7.84. The third kappa shape index (κ3) is 2.35. The van der Waals surface area contributed by atoms with Crippen LogP contribution in [-0.4, -0.2) is 45.7 Å². The van der Waals surface area contributed by atoms with Crippen molar-refractivity contribution < 1.29 is 0 Å². The van der Waals surface area contributed by atoms with E-state index in [4.69, 9.17) is 0 Å². The molecule has 0 N–H and O–H groups in total. The predicted octanol–water partition coefficient (Wildman–Crippen LogP) is 0.760. The topological polar surface area (TPSA) is 67.2 Å². The first-order valence-electron chi connectivity index (χ1n) is 8.34. The lowest BCUT2D eigenvalue weighted by atomic mass is 10.0. The molecule has 2 aromatic heterocycles. The molecule has 2 atom stereocenters. The lowest BCUT2D eigenvalue weighted by Gasteiger charge is -2.24. The molecular weight excluding hydrogens is 304 g/mol. The van der Waals surface area contributed by atoms with Crippen molar-refractivity contribution in [1.82, 2.24) is 19.5 Å². The van der Waals surface area contributed by atoms with Crippen LogP contribution in [0.4, 0.5) is 11.6 Å². The van der Waals surface area contributed by atoms with Crippen LogP contribution in [0.25, 0.3) is 0 Å². The van der Waals surface area contributed by atoms with E-state index in [1.165, 1.54) is 0 Å². The number of aryl methyl sites for hydroxylation is 2. The molecule has 2 aliphatic rings. The van der Waals surface area contributed by atoms with Crippen LogP contribution in [0.5, 0.6) is 0 Å². The fourth-order valence-corrected chi connectivity index (χ4v) is 3.88. The van der Waals surface area contributed by atoms with Gasteiger partial charge in [-0.3, -0.25) is 4.79 Å². The van der Waals surface area contributed by atoms with E-state index in [0.29, 0.717) is 17.7 Å². The second-order valence-electron chi connectivity index (χ2n) is 6.90. The Morgan fingerprint density at radius 3 is 2.25 bits per heavy atom. The SMILES string of the molecule is Cc1ncnc(N2CC3CN(c4nccn(C)c4=O)CC3C2)c1C. The number of aromatic nitrogens is 4. The number of fused-ring (bicyclic) bond motifs is 1. The average molecular weight is 326 g/mol. The minimum Gasteiger partial charge on any atom is -0.356 e. The second kappa shape index (κ2) is 5.58. The van der Waals surface area contributed by atoms with Crippen molar-refractivity contribution in [2.75, 3.05) is 36.0 Å². The van der Waals surface area contributed by atoms with Crippen LogP contribution in [0.3, 0.4) is 0 Å². The molecule has 24 heavy (non-hydrogen) atoms. The van der Waals surface area contributed by atoms with Crippen LogP contribution in [0, 0.1) is 25.7 Å². The summed E-state index contributed by atoms with van der Waals surface area (Å²) in [4.78, 5) is 29.8. The molecular formula is C17H22N6O. The lowest BCUT2D eigenvalue weighted by molar-refractivity contribution is 0.533. The lowest BCUT2D eigenvalue weighted by Crippen LogP contribution is -2.34. The van der Waals surface area contributed by atoms with Gasteiger partial charge in [-0.15, -0.1) is 0 Å². The molecule has 0 saturated carbocycles. The van der Waals surface area contributed by atoms with Crippen molar-refractivity contribution in [2.45, 2.75) is 13.8 Å². The fraction of sp³-hybridized carbons (Fsp3) is 0.529. The van der Waals surface area contributed by atoms with Crippen LogP contribution in [-0.2, 0) is 7.05 Å². The molecule has 2 unspecified atom stereocenters. The number of rotatable bonds is 2. The van der Waals surface area contributed by atoms with Gasteiger partial charge in [0, 0.05) is 68.7 Å². The Balaban J connectivity index is 1.52. The maximum atomic E-state index is 12.3. The summed E-state index contributed by atoms with van der Waals surface area (Å²) in [7, 11) is 1.77. The van der Waals surface area contributed by atoms with Crippen molar-refractivity contribution in [3.8, 4) is 0 Å². The molecule has 0 amide bonds. The molecule has 4 rings (SSSR count). The van der Waals surface area contributed by atoms with Gasteiger partial charge in [0.2, 0.25) is 0 Å². The summed E-state index contributed by atoms with van der Waals surface area (Å²) in [5.74, 6) is 2.73. The van der Waals surface area contributed by atoms with Crippen molar-refractivity contribution in [2.24, 2.45) is 18.9 Å². The highest BCUT2D eigenvalue weighted by molar-refractivity contribution is 5.50. The molecule has 0 aromatic carbocycles. The van der Waals surface area contributed by atoms with E-state index in [-0.39, 0.29) is 5.56 Å². The standard InChI is InChI=1S/C17H22N6O/c1-11-12(2)19-10-20-15(11)22-6-13-8-23(9-14(13)7-22)16-17(24)21(3)5-4-18-16/h4-5,10,13-14H,6-9H2,1-3H3. The summed E-state index contributed by atoms with van der Waals surface area (Å²) in [5.41, 5.74) is 2.18. The van der Waals surface area contributed by atoms with E-state index in [0.717, 1.165) is 43.3 Å². The molecule has 126 valence electrons. The van der Waals surface area contributed by atoms with Gasteiger partial charge in [-0.25, -0.2) is 15.0 Å². The van der Waals surface area contributed by atoms with E-state index in [1.807, 2.05) is 6.92 Å². The number of anilines is 2. The largest absolute Gasteiger partial charge is 0.356 e.